The molecule has 2 rings (SSSR count). The maximum Gasteiger partial charge on any atom is 0.136 e. The third-order valence-electron chi connectivity index (χ3n) is 3.39. The Morgan fingerprint density at radius 1 is 1.47 bits per heavy atom. The Kier molecular flexibility index (Phi) is 5.82. The Balaban J connectivity index is 1.86. The van der Waals surface area contributed by atoms with Crippen LogP contribution in [-0.2, 0) is 11.3 Å². The smallest absolute Gasteiger partial charge is 0.136 e. The van der Waals surface area contributed by atoms with Crippen molar-refractivity contribution < 1.29 is 4.74 Å². The van der Waals surface area contributed by atoms with E-state index in [1.54, 1.807) is 0 Å². The van der Waals surface area contributed by atoms with Crippen LogP contribution in [0.5, 0.6) is 0 Å². The van der Waals surface area contributed by atoms with Crippen LogP contribution in [0.3, 0.4) is 0 Å². The molecule has 0 radical (unpaired) electrons. The quantitative estimate of drug-likeness (QED) is 0.738. The number of aromatic nitrogens is 2. The molecule has 5 heteroatoms. The molecule has 1 aromatic heterocycles. The summed E-state index contributed by atoms with van der Waals surface area (Å²) in [5.41, 5.74) is 1.14. The molecule has 0 amide bonds. The van der Waals surface area contributed by atoms with Crippen LogP contribution in [0.15, 0.2) is 6.20 Å². The van der Waals surface area contributed by atoms with Crippen molar-refractivity contribution in [3.05, 3.63) is 17.7 Å². The monoisotopic (exact) mass is 266 g/mol. The highest BCUT2D eigenvalue weighted by Crippen LogP contribution is 2.19. The van der Waals surface area contributed by atoms with Crippen LogP contribution < -0.4 is 5.32 Å². The summed E-state index contributed by atoms with van der Waals surface area (Å²) >= 11 is 0. The summed E-state index contributed by atoms with van der Waals surface area (Å²) in [6.45, 7) is 10.2. The van der Waals surface area contributed by atoms with Crippen LogP contribution in [0.1, 0.15) is 44.3 Å². The maximum absolute atomic E-state index is 5.82. The van der Waals surface area contributed by atoms with Gasteiger partial charge >= 0.3 is 0 Å². The third-order valence-corrected chi connectivity index (χ3v) is 3.39. The second-order valence-corrected chi connectivity index (χ2v) is 5.13. The van der Waals surface area contributed by atoms with E-state index in [2.05, 4.69) is 34.0 Å². The van der Waals surface area contributed by atoms with E-state index in [9.17, 15) is 0 Å². The fourth-order valence-electron chi connectivity index (χ4n) is 2.42. The van der Waals surface area contributed by atoms with Crippen molar-refractivity contribution in [2.45, 2.75) is 39.3 Å². The van der Waals surface area contributed by atoms with Gasteiger partial charge in [-0.05, 0) is 25.9 Å². The highest BCUT2D eigenvalue weighted by Gasteiger charge is 2.23. The summed E-state index contributed by atoms with van der Waals surface area (Å²) in [6.07, 6.45) is 4.36. The van der Waals surface area contributed by atoms with E-state index in [4.69, 9.17) is 4.74 Å². The molecule has 0 aliphatic carbocycles. The van der Waals surface area contributed by atoms with Crippen molar-refractivity contribution in [1.82, 2.24) is 20.2 Å². The van der Waals surface area contributed by atoms with Crippen molar-refractivity contribution in [1.29, 1.82) is 0 Å². The molecule has 0 bridgehead atoms. The lowest BCUT2D eigenvalue weighted by atomic mass is 10.2. The zero-order valence-electron chi connectivity index (χ0n) is 12.1. The molecular formula is C14H26N4O. The number of hydrogen-bond donors (Lipinski definition) is 2. The number of H-pyrrole nitrogens is 1. The molecule has 1 aromatic rings. The van der Waals surface area contributed by atoms with Crippen LogP contribution in [0.4, 0.5) is 0 Å². The number of aromatic amines is 1. The zero-order chi connectivity index (χ0) is 13.5. The van der Waals surface area contributed by atoms with Crippen molar-refractivity contribution in [3.63, 3.8) is 0 Å². The van der Waals surface area contributed by atoms with E-state index in [1.807, 2.05) is 6.20 Å². The predicted molar refractivity (Wildman–Crippen MR) is 76.0 cm³/mol. The molecule has 0 saturated carbocycles. The number of morpholine rings is 1. The van der Waals surface area contributed by atoms with Gasteiger partial charge in [-0.25, -0.2) is 4.98 Å². The molecule has 2 N–H and O–H groups in total. The van der Waals surface area contributed by atoms with E-state index >= 15 is 0 Å². The summed E-state index contributed by atoms with van der Waals surface area (Å²) in [5.74, 6) is 0.967. The molecule has 1 aliphatic rings. The summed E-state index contributed by atoms with van der Waals surface area (Å²) < 4.78 is 5.82. The topological polar surface area (TPSA) is 53.2 Å². The SMILES string of the molecule is CCCNCc1cnc(C2CN(CCC)CCO2)[nH]1. The van der Waals surface area contributed by atoms with Crippen molar-refractivity contribution in [2.24, 2.45) is 0 Å². The number of rotatable bonds is 7. The molecule has 19 heavy (non-hydrogen) atoms. The molecular weight excluding hydrogens is 240 g/mol. The highest BCUT2D eigenvalue weighted by atomic mass is 16.5. The lowest BCUT2D eigenvalue weighted by molar-refractivity contribution is -0.0338. The Hall–Kier alpha value is -0.910. The normalized spacial score (nSPS) is 20.8. The summed E-state index contributed by atoms with van der Waals surface area (Å²) in [6, 6.07) is 0. The third kappa shape index (κ3) is 4.30. The van der Waals surface area contributed by atoms with Crippen LogP contribution in [-0.4, -0.2) is 47.7 Å². The lowest BCUT2D eigenvalue weighted by Gasteiger charge is -2.31. The largest absolute Gasteiger partial charge is 0.368 e. The van der Waals surface area contributed by atoms with Gasteiger partial charge in [0.2, 0.25) is 0 Å². The van der Waals surface area contributed by atoms with E-state index in [-0.39, 0.29) is 6.10 Å². The molecule has 1 aliphatic heterocycles. The maximum atomic E-state index is 5.82. The Morgan fingerprint density at radius 3 is 3.16 bits per heavy atom. The molecule has 2 heterocycles. The van der Waals surface area contributed by atoms with Crippen LogP contribution in [0.2, 0.25) is 0 Å². The number of nitrogens with zero attached hydrogens (tertiary/aromatic N) is 2. The second-order valence-electron chi connectivity index (χ2n) is 5.13. The number of hydrogen-bond acceptors (Lipinski definition) is 4. The van der Waals surface area contributed by atoms with Crippen molar-refractivity contribution >= 4 is 0 Å². The first-order valence-electron chi connectivity index (χ1n) is 7.42. The van der Waals surface area contributed by atoms with E-state index in [1.165, 1.54) is 6.42 Å². The molecule has 108 valence electrons. The van der Waals surface area contributed by atoms with Gasteiger partial charge in [0.15, 0.2) is 0 Å². The van der Waals surface area contributed by atoms with Gasteiger partial charge in [-0.1, -0.05) is 13.8 Å². The van der Waals surface area contributed by atoms with Crippen LogP contribution in [0.25, 0.3) is 0 Å². The Morgan fingerprint density at radius 2 is 2.37 bits per heavy atom. The fraction of sp³-hybridized carbons (Fsp3) is 0.786. The molecule has 1 fully saturated rings. The van der Waals surface area contributed by atoms with Gasteiger partial charge in [0.05, 0.1) is 6.61 Å². The second kappa shape index (κ2) is 7.62. The first-order valence-corrected chi connectivity index (χ1v) is 7.42. The molecule has 1 unspecified atom stereocenters. The lowest BCUT2D eigenvalue weighted by Crippen LogP contribution is -2.39. The molecule has 0 spiro atoms. The Bertz CT molecular complexity index is 364. The minimum absolute atomic E-state index is 0.0974. The first-order chi connectivity index (χ1) is 9.33. The van der Waals surface area contributed by atoms with Crippen molar-refractivity contribution in [3.8, 4) is 0 Å². The highest BCUT2D eigenvalue weighted by molar-refractivity contribution is 5.04. The predicted octanol–water partition coefficient (Wildman–Crippen LogP) is 1.69. The van der Waals surface area contributed by atoms with E-state index in [0.717, 1.165) is 57.3 Å². The minimum atomic E-state index is 0.0974. The number of ether oxygens (including phenoxy) is 1. The fourth-order valence-corrected chi connectivity index (χ4v) is 2.42. The van der Waals surface area contributed by atoms with Crippen LogP contribution >= 0.6 is 0 Å². The van der Waals surface area contributed by atoms with Gasteiger partial charge in [0.25, 0.3) is 0 Å². The van der Waals surface area contributed by atoms with Crippen LogP contribution in [0, 0.1) is 0 Å². The standard InChI is InChI=1S/C14H26N4O/c1-3-5-15-9-12-10-16-14(17-12)13-11-18(6-4-2)7-8-19-13/h10,13,15H,3-9,11H2,1-2H3,(H,16,17). The van der Waals surface area contributed by atoms with Crippen molar-refractivity contribution in [2.75, 3.05) is 32.8 Å². The minimum Gasteiger partial charge on any atom is -0.368 e. The average Bonchev–Trinajstić information content (AvgIpc) is 2.89. The van der Waals surface area contributed by atoms with Gasteiger partial charge in [-0.2, -0.15) is 0 Å². The number of imidazole rings is 1. The number of nitrogens with one attached hydrogen (secondary N) is 2. The van der Waals surface area contributed by atoms with Gasteiger partial charge in [0.1, 0.15) is 11.9 Å². The van der Waals surface area contributed by atoms with Gasteiger partial charge in [-0.3, -0.25) is 4.90 Å². The molecule has 0 aromatic carbocycles. The molecule has 1 saturated heterocycles. The van der Waals surface area contributed by atoms with E-state index < -0.39 is 0 Å². The van der Waals surface area contributed by atoms with Gasteiger partial charge in [0, 0.05) is 31.5 Å². The Labute approximate surface area is 115 Å². The molecule has 1 atom stereocenters. The summed E-state index contributed by atoms with van der Waals surface area (Å²) in [4.78, 5) is 10.3. The van der Waals surface area contributed by atoms with Gasteiger partial charge < -0.3 is 15.0 Å². The summed E-state index contributed by atoms with van der Waals surface area (Å²) in [5, 5.41) is 3.37. The van der Waals surface area contributed by atoms with Gasteiger partial charge in [-0.15, -0.1) is 0 Å². The van der Waals surface area contributed by atoms with E-state index in [0.29, 0.717) is 0 Å². The average molecular weight is 266 g/mol. The molecule has 5 nitrogen and oxygen atoms in total. The summed E-state index contributed by atoms with van der Waals surface area (Å²) in [7, 11) is 0. The first kappa shape index (κ1) is 14.5. The zero-order valence-corrected chi connectivity index (χ0v) is 12.1.